The summed E-state index contributed by atoms with van der Waals surface area (Å²) in [6.07, 6.45) is 4.78. The Kier molecular flexibility index (Phi) is 4.06. The average Bonchev–Trinajstić information content (AvgIpc) is 3.16. The molecule has 0 N–H and O–H groups in total. The molecule has 0 spiro atoms. The van der Waals surface area contributed by atoms with Gasteiger partial charge in [0.2, 0.25) is 0 Å². The maximum Gasteiger partial charge on any atom is 0.253 e. The van der Waals surface area contributed by atoms with Crippen LogP contribution < -0.4 is 0 Å². The highest BCUT2D eigenvalue weighted by molar-refractivity contribution is 5.97. The number of aldehydes is 1. The fraction of sp³-hybridized carbons (Fsp3) is 0.529. The van der Waals surface area contributed by atoms with Crippen LogP contribution in [0.2, 0.25) is 0 Å². The van der Waals surface area contributed by atoms with Gasteiger partial charge in [0.15, 0.2) is 0 Å². The van der Waals surface area contributed by atoms with Gasteiger partial charge in [-0.05, 0) is 55.9 Å². The van der Waals surface area contributed by atoms with E-state index in [1.165, 1.54) is 0 Å². The van der Waals surface area contributed by atoms with Crippen molar-refractivity contribution in [2.24, 2.45) is 0 Å². The largest absolute Gasteiger partial charge is 0.374 e. The lowest BCUT2D eigenvalue weighted by molar-refractivity contribution is 0.0639. The molecule has 1 atom stereocenters. The van der Waals surface area contributed by atoms with Crippen LogP contribution in [0.4, 0.5) is 0 Å². The third kappa shape index (κ3) is 2.60. The monoisotopic (exact) mass is 287 g/mol. The van der Waals surface area contributed by atoms with Crippen LogP contribution in [0.3, 0.4) is 0 Å². The second-order valence-electron chi connectivity index (χ2n) is 5.73. The van der Waals surface area contributed by atoms with E-state index in [-0.39, 0.29) is 12.0 Å². The Bertz CT molecular complexity index is 561. The van der Waals surface area contributed by atoms with Gasteiger partial charge in [-0.25, -0.2) is 0 Å². The van der Waals surface area contributed by atoms with E-state index in [1.807, 2.05) is 17.9 Å². The van der Waals surface area contributed by atoms with Crippen molar-refractivity contribution >= 4 is 12.2 Å². The lowest BCUT2D eigenvalue weighted by Gasteiger charge is -2.18. The van der Waals surface area contributed by atoms with Gasteiger partial charge < -0.3 is 9.64 Å². The SMILES string of the molecule is CCOC1CCc2c(C=O)cc(C(=O)N3CCCC3)cc21. The fourth-order valence-electron chi connectivity index (χ4n) is 3.43. The predicted octanol–water partition coefficient (Wildman–Crippen LogP) is 2.76. The first-order valence-electron chi connectivity index (χ1n) is 7.77. The van der Waals surface area contributed by atoms with E-state index in [0.29, 0.717) is 17.7 Å². The van der Waals surface area contributed by atoms with Crippen LogP contribution in [0.15, 0.2) is 12.1 Å². The molecule has 1 aliphatic heterocycles. The molecule has 2 aliphatic rings. The van der Waals surface area contributed by atoms with E-state index in [2.05, 4.69) is 0 Å². The second-order valence-corrected chi connectivity index (χ2v) is 5.73. The minimum atomic E-state index is 0.0232. The number of ether oxygens (including phenoxy) is 1. The Morgan fingerprint density at radius 2 is 2.14 bits per heavy atom. The Hall–Kier alpha value is -1.68. The van der Waals surface area contributed by atoms with E-state index >= 15 is 0 Å². The third-order valence-electron chi connectivity index (χ3n) is 4.46. The summed E-state index contributed by atoms with van der Waals surface area (Å²) in [5.74, 6) is 0.0422. The number of rotatable bonds is 4. The Balaban J connectivity index is 1.97. The van der Waals surface area contributed by atoms with Crippen LogP contribution in [0.25, 0.3) is 0 Å². The summed E-state index contributed by atoms with van der Waals surface area (Å²) in [7, 11) is 0. The van der Waals surface area contributed by atoms with Crippen molar-refractivity contribution in [3.8, 4) is 0 Å². The van der Waals surface area contributed by atoms with Crippen LogP contribution in [0, 0.1) is 0 Å². The molecule has 1 aliphatic carbocycles. The number of carbonyl (C=O) groups is 2. The highest BCUT2D eigenvalue weighted by Crippen LogP contribution is 2.36. The zero-order valence-electron chi connectivity index (χ0n) is 12.4. The van der Waals surface area contributed by atoms with Crippen LogP contribution in [-0.4, -0.2) is 36.8 Å². The van der Waals surface area contributed by atoms with Gasteiger partial charge in [-0.3, -0.25) is 9.59 Å². The molecule has 1 unspecified atom stereocenters. The molecule has 0 saturated carbocycles. The lowest BCUT2D eigenvalue weighted by atomic mass is 9.99. The quantitative estimate of drug-likeness (QED) is 0.800. The normalized spacial score (nSPS) is 20.6. The van der Waals surface area contributed by atoms with E-state index in [4.69, 9.17) is 4.74 Å². The zero-order chi connectivity index (χ0) is 14.8. The molecular weight excluding hydrogens is 266 g/mol. The molecule has 0 bridgehead atoms. The number of likely N-dealkylation sites (tertiary alicyclic amines) is 1. The second kappa shape index (κ2) is 5.98. The summed E-state index contributed by atoms with van der Waals surface area (Å²) >= 11 is 0. The molecule has 0 radical (unpaired) electrons. The van der Waals surface area contributed by atoms with Gasteiger partial charge in [0, 0.05) is 30.8 Å². The lowest BCUT2D eigenvalue weighted by Crippen LogP contribution is -2.28. The molecule has 1 aromatic carbocycles. The molecular formula is C17H21NO3. The minimum absolute atomic E-state index is 0.0232. The van der Waals surface area contributed by atoms with Crippen LogP contribution in [0.1, 0.15) is 64.1 Å². The molecule has 4 heteroatoms. The van der Waals surface area contributed by atoms with E-state index in [9.17, 15) is 9.59 Å². The number of benzene rings is 1. The number of amides is 1. The van der Waals surface area contributed by atoms with E-state index in [1.54, 1.807) is 6.07 Å². The number of hydrogen-bond donors (Lipinski definition) is 0. The van der Waals surface area contributed by atoms with Crippen molar-refractivity contribution in [1.82, 2.24) is 4.90 Å². The summed E-state index contributed by atoms with van der Waals surface area (Å²) in [4.78, 5) is 25.8. The first-order chi connectivity index (χ1) is 10.2. The highest BCUT2D eigenvalue weighted by Gasteiger charge is 2.28. The number of carbonyl (C=O) groups excluding carboxylic acids is 2. The molecule has 4 nitrogen and oxygen atoms in total. The predicted molar refractivity (Wildman–Crippen MR) is 79.7 cm³/mol. The van der Waals surface area contributed by atoms with Crippen LogP contribution >= 0.6 is 0 Å². The van der Waals surface area contributed by atoms with Gasteiger partial charge in [0.1, 0.15) is 6.29 Å². The minimum Gasteiger partial charge on any atom is -0.374 e. The van der Waals surface area contributed by atoms with Gasteiger partial charge in [-0.1, -0.05) is 0 Å². The molecule has 1 heterocycles. The topological polar surface area (TPSA) is 46.6 Å². The van der Waals surface area contributed by atoms with E-state index < -0.39 is 0 Å². The molecule has 3 rings (SSSR count). The molecule has 21 heavy (non-hydrogen) atoms. The first-order valence-corrected chi connectivity index (χ1v) is 7.77. The van der Waals surface area contributed by atoms with Crippen molar-refractivity contribution in [1.29, 1.82) is 0 Å². The maximum atomic E-state index is 12.5. The van der Waals surface area contributed by atoms with Crippen molar-refractivity contribution in [2.75, 3.05) is 19.7 Å². The zero-order valence-corrected chi connectivity index (χ0v) is 12.4. The summed E-state index contributed by atoms with van der Waals surface area (Å²) in [5, 5.41) is 0. The first kappa shape index (κ1) is 14.3. The van der Waals surface area contributed by atoms with Gasteiger partial charge in [0.25, 0.3) is 5.91 Å². The Labute approximate surface area is 125 Å². The maximum absolute atomic E-state index is 12.5. The van der Waals surface area contributed by atoms with Crippen molar-refractivity contribution in [3.63, 3.8) is 0 Å². The molecule has 1 saturated heterocycles. The number of hydrogen-bond acceptors (Lipinski definition) is 3. The van der Waals surface area contributed by atoms with Crippen molar-refractivity contribution in [3.05, 3.63) is 34.4 Å². The summed E-state index contributed by atoms with van der Waals surface area (Å²) in [6, 6.07) is 3.69. The standard InChI is InChI=1S/C17H21NO3/c1-2-21-16-6-5-14-13(11-19)9-12(10-15(14)16)17(20)18-7-3-4-8-18/h9-11,16H,2-8H2,1H3. The highest BCUT2D eigenvalue weighted by atomic mass is 16.5. The smallest absolute Gasteiger partial charge is 0.253 e. The third-order valence-corrected chi connectivity index (χ3v) is 4.46. The Morgan fingerprint density at radius 1 is 1.38 bits per heavy atom. The average molecular weight is 287 g/mol. The molecule has 1 aromatic rings. The number of fused-ring (bicyclic) bond motifs is 1. The van der Waals surface area contributed by atoms with Gasteiger partial charge >= 0.3 is 0 Å². The molecule has 1 fully saturated rings. The molecule has 0 aromatic heterocycles. The van der Waals surface area contributed by atoms with Crippen LogP contribution in [0.5, 0.6) is 0 Å². The number of nitrogens with zero attached hydrogens (tertiary/aromatic N) is 1. The van der Waals surface area contributed by atoms with Crippen molar-refractivity contribution in [2.45, 2.75) is 38.7 Å². The van der Waals surface area contributed by atoms with Gasteiger partial charge in [-0.2, -0.15) is 0 Å². The van der Waals surface area contributed by atoms with Gasteiger partial charge in [-0.15, -0.1) is 0 Å². The van der Waals surface area contributed by atoms with Gasteiger partial charge in [0.05, 0.1) is 6.10 Å². The fourth-order valence-corrected chi connectivity index (χ4v) is 3.43. The summed E-state index contributed by atoms with van der Waals surface area (Å²) in [6.45, 7) is 4.26. The summed E-state index contributed by atoms with van der Waals surface area (Å²) in [5.41, 5.74) is 3.37. The Morgan fingerprint density at radius 3 is 2.81 bits per heavy atom. The summed E-state index contributed by atoms with van der Waals surface area (Å²) < 4.78 is 5.75. The van der Waals surface area contributed by atoms with E-state index in [0.717, 1.165) is 56.2 Å². The molecule has 1 amide bonds. The van der Waals surface area contributed by atoms with Crippen molar-refractivity contribution < 1.29 is 14.3 Å². The molecule has 112 valence electrons. The van der Waals surface area contributed by atoms with Crippen LogP contribution in [-0.2, 0) is 11.2 Å².